The third-order valence-corrected chi connectivity index (χ3v) is 11.2. The van der Waals surface area contributed by atoms with E-state index >= 15 is 0 Å². The summed E-state index contributed by atoms with van der Waals surface area (Å²) in [5, 5.41) is 20.4. The van der Waals surface area contributed by atoms with E-state index < -0.39 is 0 Å². The monoisotopic (exact) mass is 697 g/mol. The second kappa shape index (κ2) is 12.3. The van der Waals surface area contributed by atoms with Gasteiger partial charge in [-0.2, -0.15) is 5.26 Å². The topological polar surface area (TPSA) is 41.6 Å². The van der Waals surface area contributed by atoms with Crippen molar-refractivity contribution in [3.05, 3.63) is 194 Å². The van der Waals surface area contributed by atoms with Gasteiger partial charge in [0.2, 0.25) is 0 Å². The minimum atomic E-state index is 0.650. The van der Waals surface area contributed by atoms with Gasteiger partial charge in [-0.15, -0.1) is 0 Å². The summed E-state index contributed by atoms with van der Waals surface area (Å²) in [6.45, 7) is 0. The van der Waals surface area contributed by atoms with Crippen LogP contribution in [0.2, 0.25) is 0 Å². The number of benzene rings is 9. The van der Waals surface area contributed by atoms with Gasteiger partial charge in [-0.3, -0.25) is 4.98 Å². The molecule has 0 saturated heterocycles. The van der Waals surface area contributed by atoms with Crippen molar-refractivity contribution in [2.24, 2.45) is 0 Å². The smallest absolute Gasteiger partial charge is 0.0991 e. The lowest BCUT2D eigenvalue weighted by Crippen LogP contribution is -1.94. The number of para-hydroxylation sites is 2. The van der Waals surface area contributed by atoms with Crippen molar-refractivity contribution < 1.29 is 0 Å². The summed E-state index contributed by atoms with van der Waals surface area (Å²) < 4.78 is 2.30. The number of nitriles is 1. The maximum Gasteiger partial charge on any atom is 0.0991 e. The normalized spacial score (nSPS) is 11.6. The number of hydrogen-bond donors (Lipinski definition) is 0. The van der Waals surface area contributed by atoms with Crippen LogP contribution in [0.1, 0.15) is 5.56 Å². The van der Waals surface area contributed by atoms with Crippen LogP contribution in [0.3, 0.4) is 0 Å². The Morgan fingerprint density at radius 2 is 1.00 bits per heavy atom. The molecule has 11 aromatic rings. The number of rotatable bonds is 4. The van der Waals surface area contributed by atoms with Gasteiger partial charge >= 0.3 is 0 Å². The second-order valence-electron chi connectivity index (χ2n) is 14.2. The van der Waals surface area contributed by atoms with Crippen molar-refractivity contribution in [1.82, 2.24) is 9.55 Å². The van der Waals surface area contributed by atoms with Crippen LogP contribution < -0.4 is 0 Å². The van der Waals surface area contributed by atoms with E-state index in [1.54, 1.807) is 0 Å². The second-order valence-corrected chi connectivity index (χ2v) is 14.2. The van der Waals surface area contributed by atoms with E-state index in [1.807, 2.05) is 30.5 Å². The molecule has 11 rings (SSSR count). The van der Waals surface area contributed by atoms with Crippen molar-refractivity contribution >= 4 is 65.0 Å². The van der Waals surface area contributed by atoms with Gasteiger partial charge in [0.25, 0.3) is 0 Å². The van der Waals surface area contributed by atoms with Gasteiger partial charge in [0.05, 0.1) is 28.2 Å². The number of pyridine rings is 1. The Morgan fingerprint density at radius 1 is 0.418 bits per heavy atom. The maximum absolute atomic E-state index is 9.89. The zero-order chi connectivity index (χ0) is 36.5. The third kappa shape index (κ3) is 4.79. The zero-order valence-corrected chi connectivity index (χ0v) is 29.7. The lowest BCUT2D eigenvalue weighted by atomic mass is 9.83. The molecule has 2 heterocycles. The summed E-state index contributed by atoms with van der Waals surface area (Å²) >= 11 is 0. The Bertz CT molecular complexity index is 3370. The van der Waals surface area contributed by atoms with Gasteiger partial charge in [-0.25, -0.2) is 0 Å². The summed E-state index contributed by atoms with van der Waals surface area (Å²) in [5.41, 5.74) is 11.9. The summed E-state index contributed by atoms with van der Waals surface area (Å²) in [7, 11) is 0. The molecule has 0 radical (unpaired) electrons. The van der Waals surface area contributed by atoms with Gasteiger partial charge < -0.3 is 4.57 Å². The summed E-state index contributed by atoms with van der Waals surface area (Å²) in [5.74, 6) is 0. The van der Waals surface area contributed by atoms with Crippen LogP contribution in [0.15, 0.2) is 188 Å². The molecule has 55 heavy (non-hydrogen) atoms. The van der Waals surface area contributed by atoms with Crippen LogP contribution in [0.5, 0.6) is 0 Å². The quantitative estimate of drug-likeness (QED) is 0.172. The van der Waals surface area contributed by atoms with Crippen LogP contribution in [0, 0.1) is 11.3 Å². The van der Waals surface area contributed by atoms with E-state index in [9.17, 15) is 5.26 Å². The van der Waals surface area contributed by atoms with Crippen LogP contribution in [-0.4, -0.2) is 9.55 Å². The Labute approximate surface area is 317 Å². The van der Waals surface area contributed by atoms with E-state index in [1.165, 1.54) is 49.0 Å². The highest BCUT2D eigenvalue weighted by atomic mass is 15.0. The molecule has 0 aliphatic heterocycles. The molecular formula is C52H31N3. The summed E-state index contributed by atoms with van der Waals surface area (Å²) in [6, 6.07) is 67.4. The number of aromatic nitrogens is 2. The first kappa shape index (κ1) is 31.0. The molecule has 0 aliphatic rings. The summed E-state index contributed by atoms with van der Waals surface area (Å²) in [4.78, 5) is 4.95. The van der Waals surface area contributed by atoms with Crippen molar-refractivity contribution in [3.63, 3.8) is 0 Å². The van der Waals surface area contributed by atoms with Gasteiger partial charge in [0.15, 0.2) is 0 Å². The molecule has 0 fully saturated rings. The molecule has 0 atom stereocenters. The van der Waals surface area contributed by atoms with Crippen molar-refractivity contribution in [2.45, 2.75) is 0 Å². The van der Waals surface area contributed by atoms with E-state index in [4.69, 9.17) is 4.98 Å². The van der Waals surface area contributed by atoms with Gasteiger partial charge in [-0.05, 0) is 115 Å². The SMILES string of the molecule is N#Cc1ccc2c(c1)c1cc(-c3ccc4c(-c5cccc6ccccc56)c5ccccc5c(-c5cccc6cccnc56)c4c3)ccc1n2-c1ccccc1. The molecule has 0 unspecified atom stereocenters. The highest BCUT2D eigenvalue weighted by molar-refractivity contribution is 6.25. The van der Waals surface area contributed by atoms with Crippen molar-refractivity contribution in [2.75, 3.05) is 0 Å². The molecule has 0 spiro atoms. The van der Waals surface area contributed by atoms with Crippen LogP contribution >= 0.6 is 0 Å². The number of nitrogens with zero attached hydrogens (tertiary/aromatic N) is 3. The highest BCUT2D eigenvalue weighted by Gasteiger charge is 2.21. The standard InChI is InChI=1S/C52H31N3/c53-32-33-22-26-48-45(29-33)46-30-37(24-27-49(46)55(48)38-15-2-1-3-16-38)36-23-25-43-47(31-36)51(44-21-9-13-35-14-10-28-54-52(35)44)42-19-7-6-18-41(42)50(43)40-20-8-12-34-11-4-5-17-39(34)40/h1-31H. The fourth-order valence-corrected chi connectivity index (χ4v) is 8.82. The molecule has 3 heteroatoms. The van der Waals surface area contributed by atoms with E-state index in [0.717, 1.165) is 55.1 Å². The molecule has 0 saturated carbocycles. The van der Waals surface area contributed by atoms with Crippen LogP contribution in [-0.2, 0) is 0 Å². The van der Waals surface area contributed by atoms with Gasteiger partial charge in [0, 0.05) is 33.6 Å². The molecule has 0 amide bonds. The van der Waals surface area contributed by atoms with E-state index in [0.29, 0.717) is 5.56 Å². The van der Waals surface area contributed by atoms with E-state index in [-0.39, 0.29) is 0 Å². The summed E-state index contributed by atoms with van der Waals surface area (Å²) in [6.07, 6.45) is 1.89. The Kier molecular flexibility index (Phi) is 6.92. The minimum absolute atomic E-state index is 0.650. The molecule has 3 nitrogen and oxygen atoms in total. The highest BCUT2D eigenvalue weighted by Crippen LogP contribution is 2.47. The maximum atomic E-state index is 9.89. The largest absolute Gasteiger partial charge is 0.309 e. The molecule has 0 aliphatic carbocycles. The fourth-order valence-electron chi connectivity index (χ4n) is 8.82. The molecule has 0 N–H and O–H groups in total. The Morgan fingerprint density at radius 3 is 1.80 bits per heavy atom. The van der Waals surface area contributed by atoms with Gasteiger partial charge in [-0.1, -0.05) is 127 Å². The third-order valence-electron chi connectivity index (χ3n) is 11.2. The molecule has 2 aromatic heterocycles. The average molecular weight is 698 g/mol. The Balaban J connectivity index is 1.24. The predicted octanol–water partition coefficient (Wildman–Crippen LogP) is 13.7. The lowest BCUT2D eigenvalue weighted by molar-refractivity contribution is 1.18. The average Bonchev–Trinajstić information content (AvgIpc) is 3.58. The number of fused-ring (bicyclic) bond motifs is 7. The van der Waals surface area contributed by atoms with Crippen LogP contribution in [0.4, 0.5) is 0 Å². The minimum Gasteiger partial charge on any atom is -0.309 e. The molecule has 9 aromatic carbocycles. The van der Waals surface area contributed by atoms with Crippen LogP contribution in [0.25, 0.3) is 104 Å². The molecular weight excluding hydrogens is 667 g/mol. The first-order chi connectivity index (χ1) is 27.2. The fraction of sp³-hybridized carbons (Fsp3) is 0. The molecule has 0 bridgehead atoms. The number of hydrogen-bond acceptors (Lipinski definition) is 2. The Hall–Kier alpha value is -7.54. The first-order valence-corrected chi connectivity index (χ1v) is 18.6. The van der Waals surface area contributed by atoms with Crippen molar-refractivity contribution in [3.8, 4) is 45.1 Å². The van der Waals surface area contributed by atoms with Crippen molar-refractivity contribution in [1.29, 1.82) is 5.26 Å². The van der Waals surface area contributed by atoms with E-state index in [2.05, 4.69) is 168 Å². The molecule has 254 valence electrons. The zero-order valence-electron chi connectivity index (χ0n) is 29.7. The first-order valence-electron chi connectivity index (χ1n) is 18.6. The lowest BCUT2D eigenvalue weighted by Gasteiger charge is -2.20. The van der Waals surface area contributed by atoms with Gasteiger partial charge in [0.1, 0.15) is 0 Å². The predicted molar refractivity (Wildman–Crippen MR) is 230 cm³/mol.